The third-order valence-corrected chi connectivity index (χ3v) is 4.80. The van der Waals surface area contributed by atoms with Gasteiger partial charge in [0.15, 0.2) is 0 Å². The van der Waals surface area contributed by atoms with Gasteiger partial charge < -0.3 is 5.73 Å². The van der Waals surface area contributed by atoms with Crippen LogP contribution in [0.25, 0.3) is 0 Å². The molecule has 0 radical (unpaired) electrons. The first kappa shape index (κ1) is 13.1. The molecule has 0 amide bonds. The molecule has 0 aromatic heterocycles. The molecule has 1 aliphatic carbocycles. The predicted octanol–water partition coefficient (Wildman–Crippen LogP) is 3.12. The van der Waals surface area contributed by atoms with Crippen LogP contribution < -0.4 is 5.73 Å². The Morgan fingerprint density at radius 1 is 1.26 bits per heavy atom. The van der Waals surface area contributed by atoms with E-state index in [0.29, 0.717) is 6.04 Å². The molecule has 1 atom stereocenters. The third-order valence-electron chi connectivity index (χ3n) is 4.80. The summed E-state index contributed by atoms with van der Waals surface area (Å²) in [5, 5.41) is 0. The smallest absolute Gasteiger partial charge is 0.0234 e. The molecule has 1 saturated carbocycles. The molecule has 0 spiro atoms. The molecule has 1 unspecified atom stereocenters. The Kier molecular flexibility index (Phi) is 3.40. The van der Waals surface area contributed by atoms with Crippen molar-refractivity contribution >= 4 is 0 Å². The lowest BCUT2D eigenvalue weighted by Crippen LogP contribution is -2.52. The molecule has 2 heteroatoms. The summed E-state index contributed by atoms with van der Waals surface area (Å²) in [4.78, 5) is 2.56. The minimum Gasteiger partial charge on any atom is -0.327 e. The highest BCUT2D eigenvalue weighted by Gasteiger charge is 2.33. The highest BCUT2D eigenvalue weighted by atomic mass is 15.1. The van der Waals surface area contributed by atoms with Crippen LogP contribution in [0.1, 0.15) is 50.2 Å². The number of piperidine rings is 1. The van der Waals surface area contributed by atoms with Crippen molar-refractivity contribution in [1.82, 2.24) is 4.90 Å². The first-order valence-electron chi connectivity index (χ1n) is 7.61. The van der Waals surface area contributed by atoms with E-state index in [-0.39, 0.29) is 5.41 Å². The summed E-state index contributed by atoms with van der Waals surface area (Å²) in [7, 11) is 0. The van der Waals surface area contributed by atoms with E-state index in [1.54, 1.807) is 5.56 Å². The summed E-state index contributed by atoms with van der Waals surface area (Å²) in [5.74, 6) is 0.853. The van der Waals surface area contributed by atoms with Crippen LogP contribution in [0, 0.1) is 5.41 Å². The van der Waals surface area contributed by atoms with Crippen LogP contribution in [0.3, 0.4) is 0 Å². The largest absolute Gasteiger partial charge is 0.327 e. The van der Waals surface area contributed by atoms with Crippen molar-refractivity contribution in [2.75, 3.05) is 13.1 Å². The number of benzene rings is 1. The second-order valence-electron chi connectivity index (χ2n) is 7.11. The van der Waals surface area contributed by atoms with Crippen LogP contribution in [0.5, 0.6) is 0 Å². The van der Waals surface area contributed by atoms with Gasteiger partial charge in [0.05, 0.1) is 0 Å². The van der Waals surface area contributed by atoms with Gasteiger partial charge in [-0.3, -0.25) is 4.90 Å². The average Bonchev–Trinajstić information content (AvgIpc) is 3.18. The molecule has 3 rings (SSSR count). The zero-order valence-corrected chi connectivity index (χ0v) is 12.2. The molecule has 2 aliphatic rings. The fourth-order valence-electron chi connectivity index (χ4n) is 3.24. The van der Waals surface area contributed by atoms with Gasteiger partial charge >= 0.3 is 0 Å². The van der Waals surface area contributed by atoms with Crippen molar-refractivity contribution in [2.45, 2.75) is 51.6 Å². The zero-order valence-electron chi connectivity index (χ0n) is 12.2. The molecule has 2 nitrogen and oxygen atoms in total. The van der Waals surface area contributed by atoms with E-state index in [9.17, 15) is 0 Å². The Bertz CT molecular complexity index is 448. The fourth-order valence-corrected chi connectivity index (χ4v) is 3.24. The lowest BCUT2D eigenvalue weighted by atomic mass is 9.79. The van der Waals surface area contributed by atoms with Crippen LogP contribution >= 0.6 is 0 Å². The molecule has 2 fully saturated rings. The molecule has 1 aliphatic heterocycles. The van der Waals surface area contributed by atoms with Crippen molar-refractivity contribution in [1.29, 1.82) is 0 Å². The van der Waals surface area contributed by atoms with Crippen molar-refractivity contribution in [3.63, 3.8) is 0 Å². The number of nitrogens with zero attached hydrogens (tertiary/aromatic N) is 1. The Morgan fingerprint density at radius 3 is 2.74 bits per heavy atom. The molecule has 1 aromatic rings. The van der Waals surface area contributed by atoms with Gasteiger partial charge in [-0.1, -0.05) is 38.1 Å². The fraction of sp³-hybridized carbons (Fsp3) is 0.647. The topological polar surface area (TPSA) is 29.3 Å². The van der Waals surface area contributed by atoms with Crippen molar-refractivity contribution in [3.8, 4) is 0 Å². The predicted molar refractivity (Wildman–Crippen MR) is 80.1 cm³/mol. The number of hydrogen-bond acceptors (Lipinski definition) is 2. The van der Waals surface area contributed by atoms with E-state index < -0.39 is 0 Å². The van der Waals surface area contributed by atoms with E-state index in [0.717, 1.165) is 32.0 Å². The van der Waals surface area contributed by atoms with Gasteiger partial charge in [0.2, 0.25) is 0 Å². The molecule has 1 heterocycles. The summed E-state index contributed by atoms with van der Waals surface area (Å²) in [5.41, 5.74) is 9.47. The molecular weight excluding hydrogens is 232 g/mol. The van der Waals surface area contributed by atoms with Crippen LogP contribution in [0.2, 0.25) is 0 Å². The molecule has 0 bridgehead atoms. The number of likely N-dealkylation sites (tertiary alicyclic amines) is 1. The van der Waals surface area contributed by atoms with Gasteiger partial charge in [-0.2, -0.15) is 0 Å². The summed E-state index contributed by atoms with van der Waals surface area (Å²) < 4.78 is 0. The number of rotatable bonds is 3. The molecule has 2 N–H and O–H groups in total. The first-order chi connectivity index (χ1) is 9.04. The SMILES string of the molecule is CC1(C)CN(Cc2cccc(C3CC3)c2)CCC1N. The van der Waals surface area contributed by atoms with Gasteiger partial charge in [0.1, 0.15) is 0 Å². The van der Waals surface area contributed by atoms with Gasteiger partial charge in [0.25, 0.3) is 0 Å². The van der Waals surface area contributed by atoms with Crippen molar-refractivity contribution in [3.05, 3.63) is 35.4 Å². The van der Waals surface area contributed by atoms with E-state index in [1.807, 2.05) is 0 Å². The van der Waals surface area contributed by atoms with Gasteiger partial charge in [-0.25, -0.2) is 0 Å². The summed E-state index contributed by atoms with van der Waals surface area (Å²) in [6.07, 6.45) is 3.89. The minimum atomic E-state index is 0.242. The normalized spacial score (nSPS) is 27.4. The maximum absolute atomic E-state index is 6.21. The van der Waals surface area contributed by atoms with E-state index >= 15 is 0 Å². The summed E-state index contributed by atoms with van der Waals surface area (Å²) in [6, 6.07) is 9.55. The lowest BCUT2D eigenvalue weighted by Gasteiger charge is -2.42. The summed E-state index contributed by atoms with van der Waals surface area (Å²) in [6.45, 7) is 7.92. The second-order valence-corrected chi connectivity index (χ2v) is 7.11. The van der Waals surface area contributed by atoms with Gasteiger partial charge in [-0.15, -0.1) is 0 Å². The Hall–Kier alpha value is -0.860. The first-order valence-corrected chi connectivity index (χ1v) is 7.61. The quantitative estimate of drug-likeness (QED) is 0.902. The van der Waals surface area contributed by atoms with Crippen molar-refractivity contribution in [2.24, 2.45) is 11.1 Å². The number of hydrogen-bond donors (Lipinski definition) is 1. The van der Waals surface area contributed by atoms with Crippen LogP contribution in [-0.2, 0) is 6.54 Å². The average molecular weight is 258 g/mol. The maximum atomic E-state index is 6.21. The highest BCUT2D eigenvalue weighted by molar-refractivity contribution is 5.29. The van der Waals surface area contributed by atoms with Gasteiger partial charge in [0, 0.05) is 25.7 Å². The second kappa shape index (κ2) is 4.92. The molecule has 1 aromatic carbocycles. The Morgan fingerprint density at radius 2 is 2.05 bits per heavy atom. The van der Waals surface area contributed by atoms with Gasteiger partial charge in [-0.05, 0) is 41.7 Å². The molecule has 104 valence electrons. The maximum Gasteiger partial charge on any atom is 0.0234 e. The van der Waals surface area contributed by atoms with E-state index in [4.69, 9.17) is 5.73 Å². The van der Waals surface area contributed by atoms with Crippen LogP contribution in [-0.4, -0.2) is 24.0 Å². The lowest BCUT2D eigenvalue weighted by molar-refractivity contribution is 0.0899. The Labute approximate surface area is 117 Å². The van der Waals surface area contributed by atoms with Crippen molar-refractivity contribution < 1.29 is 0 Å². The minimum absolute atomic E-state index is 0.242. The standard InChI is InChI=1S/C17H26N2/c1-17(2)12-19(9-8-16(17)18)11-13-4-3-5-15(10-13)14-6-7-14/h3-5,10,14,16H,6-9,11-12,18H2,1-2H3. The van der Waals surface area contributed by atoms with Crippen LogP contribution in [0.15, 0.2) is 24.3 Å². The monoisotopic (exact) mass is 258 g/mol. The van der Waals surface area contributed by atoms with E-state index in [1.165, 1.54) is 18.4 Å². The molecule has 19 heavy (non-hydrogen) atoms. The molecule has 1 saturated heterocycles. The molecular formula is C17H26N2. The summed E-state index contributed by atoms with van der Waals surface area (Å²) >= 11 is 0. The Balaban J connectivity index is 1.66. The third kappa shape index (κ3) is 3.01. The highest BCUT2D eigenvalue weighted by Crippen LogP contribution is 2.40. The van der Waals surface area contributed by atoms with E-state index in [2.05, 4.69) is 43.0 Å². The van der Waals surface area contributed by atoms with Crippen LogP contribution in [0.4, 0.5) is 0 Å². The zero-order chi connectivity index (χ0) is 13.5. The number of nitrogens with two attached hydrogens (primary N) is 1.